The van der Waals surface area contributed by atoms with Gasteiger partial charge in [0.15, 0.2) is 0 Å². The van der Waals surface area contributed by atoms with E-state index in [0.717, 1.165) is 24.0 Å². The lowest BCUT2D eigenvalue weighted by molar-refractivity contribution is -0.141. The standard InChI is InChI=1S/C25H34N2O2/c1-4-6-18-26-25(29)23(5-2)27(19-22-14-12-20(3)13-15-22)24(28)17-16-21-10-8-7-9-11-21/h7-15,23H,4-6,16-19H2,1-3H3,(H,26,29)/t23-/m0/s1. The molecule has 2 aromatic carbocycles. The van der Waals surface area contributed by atoms with Crippen LogP contribution in [-0.4, -0.2) is 29.3 Å². The van der Waals surface area contributed by atoms with Gasteiger partial charge >= 0.3 is 0 Å². The van der Waals surface area contributed by atoms with E-state index in [0.29, 0.717) is 32.4 Å². The van der Waals surface area contributed by atoms with E-state index >= 15 is 0 Å². The number of hydrogen-bond donors (Lipinski definition) is 1. The number of unbranched alkanes of at least 4 members (excludes halogenated alkanes) is 1. The van der Waals surface area contributed by atoms with Crippen molar-refractivity contribution in [3.05, 3.63) is 71.3 Å². The topological polar surface area (TPSA) is 49.4 Å². The van der Waals surface area contributed by atoms with Crippen LogP contribution in [-0.2, 0) is 22.6 Å². The monoisotopic (exact) mass is 394 g/mol. The van der Waals surface area contributed by atoms with Crippen LogP contribution in [0, 0.1) is 6.92 Å². The Bertz CT molecular complexity index is 756. The number of benzene rings is 2. The molecule has 2 amide bonds. The van der Waals surface area contributed by atoms with Gasteiger partial charge in [0, 0.05) is 19.5 Å². The molecule has 1 N–H and O–H groups in total. The van der Waals surface area contributed by atoms with Crippen molar-refractivity contribution >= 4 is 11.8 Å². The highest BCUT2D eigenvalue weighted by atomic mass is 16.2. The van der Waals surface area contributed by atoms with Crippen LogP contribution in [0.1, 0.15) is 56.2 Å². The molecule has 0 aliphatic heterocycles. The van der Waals surface area contributed by atoms with Crippen LogP contribution in [0.25, 0.3) is 0 Å². The van der Waals surface area contributed by atoms with Gasteiger partial charge in [0.1, 0.15) is 6.04 Å². The van der Waals surface area contributed by atoms with Gasteiger partial charge in [-0.1, -0.05) is 80.4 Å². The largest absolute Gasteiger partial charge is 0.354 e. The summed E-state index contributed by atoms with van der Waals surface area (Å²) in [5.74, 6) is -0.0342. The summed E-state index contributed by atoms with van der Waals surface area (Å²) in [4.78, 5) is 27.7. The number of amides is 2. The molecule has 1 atom stereocenters. The number of rotatable bonds is 11. The Morgan fingerprint density at radius 2 is 1.66 bits per heavy atom. The first-order valence-corrected chi connectivity index (χ1v) is 10.7. The van der Waals surface area contributed by atoms with Gasteiger partial charge in [0.25, 0.3) is 0 Å². The third-order valence-corrected chi connectivity index (χ3v) is 5.16. The van der Waals surface area contributed by atoms with E-state index in [9.17, 15) is 9.59 Å². The summed E-state index contributed by atoms with van der Waals surface area (Å²) in [5.41, 5.74) is 3.36. The third kappa shape index (κ3) is 7.37. The maximum absolute atomic E-state index is 13.2. The van der Waals surface area contributed by atoms with Gasteiger partial charge < -0.3 is 10.2 Å². The summed E-state index contributed by atoms with van der Waals surface area (Å²) in [7, 11) is 0. The van der Waals surface area contributed by atoms with E-state index in [-0.39, 0.29) is 11.8 Å². The van der Waals surface area contributed by atoms with Gasteiger partial charge in [0.2, 0.25) is 11.8 Å². The molecule has 4 heteroatoms. The van der Waals surface area contributed by atoms with Crippen molar-refractivity contribution in [1.82, 2.24) is 10.2 Å². The highest BCUT2D eigenvalue weighted by molar-refractivity contribution is 5.87. The third-order valence-electron chi connectivity index (χ3n) is 5.16. The first-order valence-electron chi connectivity index (χ1n) is 10.7. The highest BCUT2D eigenvalue weighted by Gasteiger charge is 2.28. The van der Waals surface area contributed by atoms with Gasteiger partial charge in [-0.2, -0.15) is 0 Å². The van der Waals surface area contributed by atoms with Crippen LogP contribution in [0.5, 0.6) is 0 Å². The Kier molecular flexibility index (Phi) is 9.42. The molecular formula is C25H34N2O2. The van der Waals surface area contributed by atoms with Crippen LogP contribution in [0.4, 0.5) is 0 Å². The van der Waals surface area contributed by atoms with E-state index in [4.69, 9.17) is 0 Å². The molecular weight excluding hydrogens is 360 g/mol. The smallest absolute Gasteiger partial charge is 0.242 e. The van der Waals surface area contributed by atoms with Gasteiger partial charge in [-0.15, -0.1) is 0 Å². The molecule has 2 rings (SSSR count). The second-order valence-corrected chi connectivity index (χ2v) is 7.56. The molecule has 0 heterocycles. The molecule has 0 saturated heterocycles. The van der Waals surface area contributed by atoms with Crippen LogP contribution < -0.4 is 5.32 Å². The first kappa shape index (κ1) is 22.7. The number of nitrogens with zero attached hydrogens (tertiary/aromatic N) is 1. The summed E-state index contributed by atoms with van der Waals surface area (Å²) >= 11 is 0. The fourth-order valence-electron chi connectivity index (χ4n) is 3.36. The zero-order valence-electron chi connectivity index (χ0n) is 18.0. The van der Waals surface area contributed by atoms with Crippen LogP contribution >= 0.6 is 0 Å². The maximum atomic E-state index is 13.2. The van der Waals surface area contributed by atoms with E-state index < -0.39 is 6.04 Å². The summed E-state index contributed by atoms with van der Waals surface area (Å²) < 4.78 is 0. The van der Waals surface area contributed by atoms with Crippen molar-refractivity contribution in [2.45, 2.75) is 65.5 Å². The summed E-state index contributed by atoms with van der Waals surface area (Å²) in [5, 5.41) is 3.01. The Morgan fingerprint density at radius 1 is 0.966 bits per heavy atom. The molecule has 0 aliphatic rings. The molecule has 29 heavy (non-hydrogen) atoms. The molecule has 156 valence electrons. The lowest BCUT2D eigenvalue weighted by Crippen LogP contribution is -2.49. The van der Waals surface area contributed by atoms with Crippen LogP contribution in [0.3, 0.4) is 0 Å². The second-order valence-electron chi connectivity index (χ2n) is 7.56. The molecule has 2 aromatic rings. The summed E-state index contributed by atoms with van der Waals surface area (Å²) in [6.45, 7) is 7.22. The average Bonchev–Trinajstić information content (AvgIpc) is 2.74. The number of carbonyl (C=O) groups is 2. The minimum absolute atomic E-state index is 0.0203. The van der Waals surface area contributed by atoms with E-state index in [1.165, 1.54) is 5.56 Å². The van der Waals surface area contributed by atoms with Crippen molar-refractivity contribution in [3.8, 4) is 0 Å². The van der Waals surface area contributed by atoms with E-state index in [2.05, 4.69) is 12.2 Å². The Labute approximate surface area is 175 Å². The Morgan fingerprint density at radius 3 is 2.28 bits per heavy atom. The summed E-state index contributed by atoms with van der Waals surface area (Å²) in [6, 6.07) is 17.7. The van der Waals surface area contributed by atoms with E-state index in [1.807, 2.05) is 68.4 Å². The predicted octanol–water partition coefficient (Wildman–Crippen LogP) is 4.65. The van der Waals surface area contributed by atoms with Gasteiger partial charge in [0.05, 0.1) is 0 Å². The number of carbonyl (C=O) groups excluding carboxylic acids is 2. The highest BCUT2D eigenvalue weighted by Crippen LogP contribution is 2.16. The molecule has 0 radical (unpaired) electrons. The lowest BCUT2D eigenvalue weighted by atomic mass is 10.1. The van der Waals surface area contributed by atoms with Crippen molar-refractivity contribution < 1.29 is 9.59 Å². The molecule has 0 bridgehead atoms. The molecule has 0 aromatic heterocycles. The first-order chi connectivity index (χ1) is 14.0. The fourth-order valence-corrected chi connectivity index (χ4v) is 3.36. The van der Waals surface area contributed by atoms with Crippen LogP contribution in [0.2, 0.25) is 0 Å². The maximum Gasteiger partial charge on any atom is 0.242 e. The zero-order chi connectivity index (χ0) is 21.1. The number of hydrogen-bond acceptors (Lipinski definition) is 2. The van der Waals surface area contributed by atoms with Gasteiger partial charge in [-0.25, -0.2) is 0 Å². The molecule has 0 aliphatic carbocycles. The van der Waals surface area contributed by atoms with Crippen molar-refractivity contribution in [2.24, 2.45) is 0 Å². The predicted molar refractivity (Wildman–Crippen MR) is 118 cm³/mol. The zero-order valence-corrected chi connectivity index (χ0v) is 18.0. The lowest BCUT2D eigenvalue weighted by Gasteiger charge is -2.31. The molecule has 0 fully saturated rings. The SMILES string of the molecule is CCCCNC(=O)[C@H](CC)N(Cc1ccc(C)cc1)C(=O)CCc1ccccc1. The average molecular weight is 395 g/mol. The summed E-state index contributed by atoms with van der Waals surface area (Å²) in [6.07, 6.45) is 3.65. The van der Waals surface area contributed by atoms with Crippen molar-refractivity contribution in [3.63, 3.8) is 0 Å². The van der Waals surface area contributed by atoms with E-state index in [1.54, 1.807) is 4.90 Å². The van der Waals surface area contributed by atoms with Gasteiger partial charge in [-0.3, -0.25) is 9.59 Å². The fraction of sp³-hybridized carbons (Fsp3) is 0.440. The second kappa shape index (κ2) is 12.1. The number of nitrogens with one attached hydrogen (secondary N) is 1. The normalized spacial score (nSPS) is 11.7. The quantitative estimate of drug-likeness (QED) is 0.564. The molecule has 0 spiro atoms. The minimum atomic E-state index is -0.448. The van der Waals surface area contributed by atoms with Gasteiger partial charge in [-0.05, 0) is 37.3 Å². The number of aryl methyl sites for hydroxylation is 2. The van der Waals surface area contributed by atoms with Crippen LogP contribution in [0.15, 0.2) is 54.6 Å². The van der Waals surface area contributed by atoms with Crippen molar-refractivity contribution in [1.29, 1.82) is 0 Å². The molecule has 0 unspecified atom stereocenters. The Hall–Kier alpha value is -2.62. The minimum Gasteiger partial charge on any atom is -0.354 e. The molecule has 4 nitrogen and oxygen atoms in total. The molecule has 0 saturated carbocycles. The van der Waals surface area contributed by atoms with Crippen molar-refractivity contribution in [2.75, 3.05) is 6.54 Å². The Balaban J connectivity index is 2.14.